The Bertz CT molecular complexity index is 1110. The number of aromatic nitrogens is 1. The van der Waals surface area contributed by atoms with Crippen LogP contribution in [0.3, 0.4) is 0 Å². The van der Waals surface area contributed by atoms with Crippen LogP contribution in [0.1, 0.15) is 42.2 Å². The number of hydrogen-bond acceptors (Lipinski definition) is 7. The van der Waals surface area contributed by atoms with E-state index in [1.165, 1.54) is 11.3 Å². The summed E-state index contributed by atoms with van der Waals surface area (Å²) in [6.07, 6.45) is 3.56. The Morgan fingerprint density at radius 3 is 2.39 bits per heavy atom. The number of alkyl carbamates (subject to hydrolysis) is 1. The zero-order chi connectivity index (χ0) is 27.2. The number of amides is 1. The average Bonchev–Trinajstić information content (AvgIpc) is 3.41. The molecule has 3 N–H and O–H groups in total. The van der Waals surface area contributed by atoms with Gasteiger partial charge in [-0.05, 0) is 43.2 Å². The number of nitrogens with zero attached hydrogens (tertiary/aromatic N) is 1. The predicted molar refractivity (Wildman–Crippen MR) is 145 cm³/mol. The third kappa shape index (κ3) is 11.4. The highest BCUT2D eigenvalue weighted by molar-refractivity contribution is 7.46. The maximum atomic E-state index is 12.8. The first kappa shape index (κ1) is 30.0. The molecule has 0 aliphatic carbocycles. The number of benzene rings is 2. The molecule has 2 aromatic carbocycles. The highest BCUT2D eigenvalue weighted by Crippen LogP contribution is 2.39. The Morgan fingerprint density at radius 2 is 1.79 bits per heavy atom. The standard InChI is InChI=1S/C27H34N2O7PS/c1-2-10-26(36-37(31,32)33)35-25(16-9-15-21-11-5-3-6-12-21)24(17-22-13-7-4-8-14-22)29-27(30)34-19-23-18-28-20-38-23/h3-9,11-14,18,20,24-26H,2,10,15-17,19H2,1H3,(H,29,30)(H2,31,32,33)/t24-,25-,26-/m0/s1. The first-order valence-corrected chi connectivity index (χ1v) is 14.8. The van der Waals surface area contributed by atoms with E-state index >= 15 is 0 Å². The van der Waals surface area contributed by atoms with E-state index in [1.807, 2.05) is 74.0 Å². The number of thiazole rings is 1. The lowest BCUT2D eigenvalue weighted by atomic mass is 9.96. The number of hydrogen-bond donors (Lipinski definition) is 3. The van der Waals surface area contributed by atoms with Gasteiger partial charge in [0.05, 0.1) is 22.5 Å². The number of carbonyl (C=O) groups is 1. The largest absolute Gasteiger partial charge is 0.471 e. The van der Waals surface area contributed by atoms with Crippen molar-refractivity contribution in [2.45, 2.75) is 64.1 Å². The Morgan fingerprint density at radius 1 is 1.11 bits per heavy atom. The molecule has 3 atom stereocenters. The van der Waals surface area contributed by atoms with E-state index < -0.39 is 32.4 Å². The molecule has 1 radical (unpaired) electrons. The molecule has 1 aromatic heterocycles. The van der Waals surface area contributed by atoms with Crippen LogP contribution in [-0.2, 0) is 38.0 Å². The maximum absolute atomic E-state index is 12.8. The molecule has 3 aromatic rings. The third-order valence-electron chi connectivity index (χ3n) is 5.61. The summed E-state index contributed by atoms with van der Waals surface area (Å²) < 4.78 is 28.2. The number of phosphoric ester groups is 1. The van der Waals surface area contributed by atoms with Crippen LogP contribution in [-0.4, -0.2) is 39.3 Å². The summed E-state index contributed by atoms with van der Waals surface area (Å²) in [5.74, 6) is 0. The van der Waals surface area contributed by atoms with Crippen LogP contribution in [0.5, 0.6) is 0 Å². The molecule has 205 valence electrons. The molecule has 0 saturated carbocycles. The van der Waals surface area contributed by atoms with Gasteiger partial charge in [0.25, 0.3) is 0 Å². The minimum atomic E-state index is -4.80. The van der Waals surface area contributed by atoms with E-state index in [-0.39, 0.29) is 13.0 Å². The second kappa shape index (κ2) is 15.7. The SMILES string of the molecule is CCC[C@@H](O[C@@H](C[CH]Cc1ccccc1)[C@H](Cc1ccccc1)NC(=O)OCc1cncs1)OP(=O)(O)O. The van der Waals surface area contributed by atoms with Crippen molar-refractivity contribution in [2.75, 3.05) is 0 Å². The summed E-state index contributed by atoms with van der Waals surface area (Å²) in [7, 11) is -4.80. The van der Waals surface area contributed by atoms with Crippen molar-refractivity contribution < 1.29 is 33.1 Å². The van der Waals surface area contributed by atoms with E-state index in [0.29, 0.717) is 25.7 Å². The number of nitrogens with one attached hydrogen (secondary N) is 1. The fourth-order valence-corrected chi connectivity index (χ4v) is 4.83. The van der Waals surface area contributed by atoms with Crippen molar-refractivity contribution >= 4 is 25.3 Å². The zero-order valence-electron chi connectivity index (χ0n) is 21.2. The topological polar surface area (TPSA) is 127 Å². The normalized spacial score (nSPS) is 14.0. The summed E-state index contributed by atoms with van der Waals surface area (Å²) in [6.45, 7) is 1.95. The molecule has 3 rings (SSSR count). The smallest absolute Gasteiger partial charge is 0.444 e. The summed E-state index contributed by atoms with van der Waals surface area (Å²) in [5.41, 5.74) is 3.73. The van der Waals surface area contributed by atoms with Gasteiger partial charge in [0.15, 0.2) is 6.29 Å². The van der Waals surface area contributed by atoms with Gasteiger partial charge >= 0.3 is 13.9 Å². The van der Waals surface area contributed by atoms with E-state index in [4.69, 9.17) is 14.0 Å². The van der Waals surface area contributed by atoms with E-state index in [0.717, 1.165) is 16.0 Å². The van der Waals surface area contributed by atoms with E-state index in [9.17, 15) is 19.1 Å². The lowest BCUT2D eigenvalue weighted by molar-refractivity contribution is -0.140. The van der Waals surface area contributed by atoms with Crippen molar-refractivity contribution in [2.24, 2.45) is 0 Å². The Hall–Kier alpha value is -2.59. The number of ether oxygens (including phenoxy) is 2. The summed E-state index contributed by atoms with van der Waals surface area (Å²) in [5, 5.41) is 2.92. The molecule has 0 spiro atoms. The second-order valence-electron chi connectivity index (χ2n) is 8.69. The zero-order valence-corrected chi connectivity index (χ0v) is 22.9. The average molecular weight is 562 g/mol. The fraction of sp³-hybridized carbons (Fsp3) is 0.370. The molecule has 0 unspecified atom stereocenters. The molecule has 38 heavy (non-hydrogen) atoms. The molecule has 1 heterocycles. The summed E-state index contributed by atoms with van der Waals surface area (Å²) in [6, 6.07) is 18.9. The summed E-state index contributed by atoms with van der Waals surface area (Å²) in [4.78, 5) is 36.5. The van der Waals surface area contributed by atoms with Crippen LogP contribution < -0.4 is 5.32 Å². The third-order valence-corrected chi connectivity index (χ3v) is 6.87. The number of phosphoric acid groups is 1. The molecule has 0 aliphatic rings. The van der Waals surface area contributed by atoms with Crippen molar-refractivity contribution in [3.8, 4) is 0 Å². The highest BCUT2D eigenvalue weighted by Gasteiger charge is 2.31. The number of rotatable bonds is 16. The molecule has 0 bridgehead atoms. The minimum Gasteiger partial charge on any atom is -0.444 e. The first-order chi connectivity index (χ1) is 18.3. The number of carbonyl (C=O) groups excluding carboxylic acids is 1. The van der Waals surface area contributed by atoms with Gasteiger partial charge in [-0.25, -0.2) is 9.36 Å². The van der Waals surface area contributed by atoms with Crippen molar-refractivity contribution in [3.05, 3.63) is 94.8 Å². The second-order valence-corrected chi connectivity index (χ2v) is 10.9. The van der Waals surface area contributed by atoms with E-state index in [2.05, 4.69) is 10.3 Å². The lowest BCUT2D eigenvalue weighted by Crippen LogP contribution is -2.47. The van der Waals surface area contributed by atoms with Crippen molar-refractivity contribution in [1.29, 1.82) is 0 Å². The van der Waals surface area contributed by atoms with Crippen LogP contribution in [0.4, 0.5) is 4.79 Å². The maximum Gasteiger partial charge on any atom is 0.471 e. The first-order valence-electron chi connectivity index (χ1n) is 12.4. The van der Waals surface area contributed by atoms with Crippen LogP contribution in [0.15, 0.2) is 72.4 Å². The Labute approximate surface area is 227 Å². The van der Waals surface area contributed by atoms with Gasteiger partial charge < -0.3 is 24.6 Å². The van der Waals surface area contributed by atoms with Gasteiger partial charge in [-0.2, -0.15) is 0 Å². The van der Waals surface area contributed by atoms with Gasteiger partial charge in [-0.1, -0.05) is 74.0 Å². The van der Waals surface area contributed by atoms with Gasteiger partial charge in [0.2, 0.25) is 0 Å². The molecule has 9 nitrogen and oxygen atoms in total. The molecule has 0 aliphatic heterocycles. The van der Waals surface area contributed by atoms with E-state index in [1.54, 1.807) is 11.7 Å². The van der Waals surface area contributed by atoms with Crippen molar-refractivity contribution in [3.63, 3.8) is 0 Å². The minimum absolute atomic E-state index is 0.0833. The van der Waals surface area contributed by atoms with Gasteiger partial charge in [-0.15, -0.1) is 11.3 Å². The quantitative estimate of drug-likeness (QED) is 0.156. The monoisotopic (exact) mass is 561 g/mol. The Kier molecular flexibility index (Phi) is 12.4. The fourth-order valence-electron chi connectivity index (χ4n) is 3.86. The van der Waals surface area contributed by atoms with Crippen LogP contribution >= 0.6 is 19.2 Å². The van der Waals surface area contributed by atoms with Crippen LogP contribution in [0.25, 0.3) is 0 Å². The van der Waals surface area contributed by atoms with Gasteiger partial charge in [0, 0.05) is 6.20 Å². The Balaban J connectivity index is 1.79. The predicted octanol–water partition coefficient (Wildman–Crippen LogP) is 5.44. The van der Waals surface area contributed by atoms with Crippen molar-refractivity contribution in [1.82, 2.24) is 10.3 Å². The van der Waals surface area contributed by atoms with Gasteiger partial charge in [-0.3, -0.25) is 9.51 Å². The molecular weight excluding hydrogens is 527 g/mol. The van der Waals surface area contributed by atoms with Crippen LogP contribution in [0, 0.1) is 6.42 Å². The lowest BCUT2D eigenvalue weighted by Gasteiger charge is -2.31. The van der Waals surface area contributed by atoms with Gasteiger partial charge in [0.1, 0.15) is 6.61 Å². The molecular formula is C27H34N2O7PS. The molecule has 1 amide bonds. The summed E-state index contributed by atoms with van der Waals surface area (Å²) >= 11 is 1.38. The molecule has 0 fully saturated rings. The molecule has 11 heteroatoms. The highest BCUT2D eigenvalue weighted by atomic mass is 32.1. The van der Waals surface area contributed by atoms with Crippen LogP contribution in [0.2, 0.25) is 0 Å². The molecule has 0 saturated heterocycles.